The van der Waals surface area contributed by atoms with Crippen molar-refractivity contribution in [3.63, 3.8) is 0 Å². The summed E-state index contributed by atoms with van der Waals surface area (Å²) in [7, 11) is 0. The summed E-state index contributed by atoms with van der Waals surface area (Å²) < 4.78 is 5.66. The highest BCUT2D eigenvalue weighted by molar-refractivity contribution is 7.20. The fourth-order valence-electron chi connectivity index (χ4n) is 2.06. The first-order valence-corrected chi connectivity index (χ1v) is 8.10. The van der Waals surface area contributed by atoms with Crippen LogP contribution in [0, 0.1) is 0 Å². The maximum Gasteiger partial charge on any atom is 0.179 e. The van der Waals surface area contributed by atoms with Gasteiger partial charge in [0.2, 0.25) is 0 Å². The molecule has 0 radical (unpaired) electrons. The minimum Gasteiger partial charge on any atom is -0.484 e. The molecule has 0 aliphatic carbocycles. The van der Waals surface area contributed by atoms with Crippen molar-refractivity contribution in [1.82, 2.24) is 9.97 Å². The van der Waals surface area contributed by atoms with Crippen LogP contribution < -0.4 is 4.74 Å². The van der Waals surface area contributed by atoms with Crippen LogP contribution in [0.5, 0.6) is 5.06 Å². The Kier molecular flexibility index (Phi) is 6.78. The molecule has 19 heavy (non-hydrogen) atoms. The van der Waals surface area contributed by atoms with E-state index in [4.69, 9.17) is 4.74 Å². The molecule has 0 N–H and O–H groups in total. The summed E-state index contributed by atoms with van der Waals surface area (Å²) in [5, 5.41) is 2.31. The van der Waals surface area contributed by atoms with Crippen LogP contribution >= 0.6 is 11.3 Å². The van der Waals surface area contributed by atoms with Crippen molar-refractivity contribution >= 4 is 21.6 Å². The van der Waals surface area contributed by atoms with E-state index >= 15 is 0 Å². The van der Waals surface area contributed by atoms with Gasteiger partial charge in [0.25, 0.3) is 0 Å². The zero-order valence-corrected chi connectivity index (χ0v) is 13.4. The van der Waals surface area contributed by atoms with Crippen LogP contribution in [0.2, 0.25) is 0 Å². The smallest absolute Gasteiger partial charge is 0.179 e. The minimum atomic E-state index is 0.842. The quantitative estimate of drug-likeness (QED) is 0.764. The molecule has 3 heterocycles. The van der Waals surface area contributed by atoms with Gasteiger partial charge in [-0.15, -0.1) is 0 Å². The fourth-order valence-corrected chi connectivity index (χ4v) is 3.15. The molecule has 1 aliphatic heterocycles. The third kappa shape index (κ3) is 3.24. The van der Waals surface area contributed by atoms with Crippen molar-refractivity contribution in [2.45, 2.75) is 53.9 Å². The van der Waals surface area contributed by atoms with Gasteiger partial charge in [0, 0.05) is 10.9 Å². The minimum absolute atomic E-state index is 0.842. The maximum absolute atomic E-state index is 5.66. The van der Waals surface area contributed by atoms with E-state index in [2.05, 4.69) is 16.9 Å². The van der Waals surface area contributed by atoms with Crippen LogP contribution in [-0.4, -0.2) is 16.6 Å². The number of ether oxygens (including phenoxy) is 1. The second-order valence-corrected chi connectivity index (χ2v) is 4.64. The molecule has 0 atom stereocenters. The maximum atomic E-state index is 5.66. The van der Waals surface area contributed by atoms with Crippen molar-refractivity contribution in [3.05, 3.63) is 17.6 Å². The number of aryl methyl sites for hydroxylation is 2. The zero-order valence-electron chi connectivity index (χ0n) is 12.6. The van der Waals surface area contributed by atoms with Gasteiger partial charge in [-0.2, -0.15) is 0 Å². The van der Waals surface area contributed by atoms with E-state index < -0.39 is 0 Å². The molecule has 3 nitrogen and oxygen atoms in total. The highest BCUT2D eigenvalue weighted by atomic mass is 32.1. The van der Waals surface area contributed by atoms with Gasteiger partial charge in [0.15, 0.2) is 5.06 Å². The highest BCUT2D eigenvalue weighted by Gasteiger charge is 2.20. The Hall–Kier alpha value is -1.16. The Morgan fingerprint density at radius 2 is 1.95 bits per heavy atom. The van der Waals surface area contributed by atoms with Crippen molar-refractivity contribution in [2.75, 3.05) is 6.61 Å². The summed E-state index contributed by atoms with van der Waals surface area (Å²) >= 11 is 1.66. The molecule has 0 saturated carbocycles. The third-order valence-electron chi connectivity index (χ3n) is 2.77. The van der Waals surface area contributed by atoms with Gasteiger partial charge in [-0.1, -0.05) is 46.0 Å². The van der Waals surface area contributed by atoms with Crippen molar-refractivity contribution in [2.24, 2.45) is 0 Å². The lowest BCUT2D eigenvalue weighted by atomic mass is 10.1. The predicted molar refractivity (Wildman–Crippen MR) is 83.3 cm³/mol. The summed E-state index contributed by atoms with van der Waals surface area (Å²) in [5.74, 6) is 0. The van der Waals surface area contributed by atoms with Crippen LogP contribution in [0.25, 0.3) is 10.2 Å². The second-order valence-electron chi connectivity index (χ2n) is 3.67. The van der Waals surface area contributed by atoms with E-state index in [-0.39, 0.29) is 0 Å². The Morgan fingerprint density at radius 3 is 2.63 bits per heavy atom. The molecule has 2 aromatic rings. The van der Waals surface area contributed by atoms with Gasteiger partial charge in [-0.3, -0.25) is 0 Å². The van der Waals surface area contributed by atoms with E-state index in [9.17, 15) is 0 Å². The predicted octanol–water partition coefficient (Wildman–Crippen LogP) is 4.63. The number of rotatable bonds is 1. The average Bonchev–Trinajstić information content (AvgIpc) is 2.90. The van der Waals surface area contributed by atoms with Crippen LogP contribution in [0.4, 0.5) is 0 Å². The Bertz CT molecular complexity index is 508. The van der Waals surface area contributed by atoms with Gasteiger partial charge in [0.05, 0.1) is 12.3 Å². The molecule has 0 fully saturated rings. The molecular weight excluding hydrogens is 256 g/mol. The monoisotopic (exact) mass is 280 g/mol. The molecule has 1 aliphatic rings. The molecule has 2 aromatic heterocycles. The molecule has 106 valence electrons. The van der Waals surface area contributed by atoms with E-state index in [1.807, 2.05) is 27.7 Å². The Labute approximate surface area is 120 Å². The molecule has 4 heteroatoms. The number of fused-ring (bicyclic) bond motifs is 3. The van der Waals surface area contributed by atoms with Gasteiger partial charge in [-0.05, 0) is 19.3 Å². The van der Waals surface area contributed by atoms with Gasteiger partial charge in [-0.25, -0.2) is 9.97 Å². The topological polar surface area (TPSA) is 35.0 Å². The standard InChI is InChI=1S/C11H12N2OS.2C2H6/c1-2-8-9-7-4-3-5-14-11(7)15-10(9)13-6-12-8;2*1-2/h6H,2-5H2,1H3;2*1-2H3. The SMILES string of the molecule is CC.CC.CCc1ncnc2sc3c(c12)CCCO3. The lowest BCUT2D eigenvalue weighted by Crippen LogP contribution is -2.06. The highest BCUT2D eigenvalue weighted by Crippen LogP contribution is 2.40. The molecule has 0 spiro atoms. The molecule has 0 amide bonds. The summed E-state index contributed by atoms with van der Waals surface area (Å²) in [5.41, 5.74) is 2.49. The molecule has 0 aromatic carbocycles. The molecule has 0 unspecified atom stereocenters. The van der Waals surface area contributed by atoms with E-state index in [1.54, 1.807) is 17.7 Å². The van der Waals surface area contributed by atoms with Crippen LogP contribution in [-0.2, 0) is 12.8 Å². The number of nitrogens with zero attached hydrogens (tertiary/aromatic N) is 2. The van der Waals surface area contributed by atoms with E-state index in [0.717, 1.165) is 41.5 Å². The number of hydrogen-bond acceptors (Lipinski definition) is 4. The summed E-state index contributed by atoms with van der Waals surface area (Å²) in [6.07, 6.45) is 4.83. The van der Waals surface area contributed by atoms with Crippen molar-refractivity contribution in [1.29, 1.82) is 0 Å². The molecule has 3 rings (SSSR count). The van der Waals surface area contributed by atoms with E-state index in [0.29, 0.717) is 0 Å². The number of thiophene rings is 1. The summed E-state index contributed by atoms with van der Waals surface area (Å²) in [6, 6.07) is 0. The largest absolute Gasteiger partial charge is 0.484 e. The third-order valence-corrected chi connectivity index (χ3v) is 3.82. The Morgan fingerprint density at radius 1 is 1.21 bits per heavy atom. The Balaban J connectivity index is 0.000000415. The van der Waals surface area contributed by atoms with Crippen LogP contribution in [0.15, 0.2) is 6.33 Å². The van der Waals surface area contributed by atoms with Crippen LogP contribution in [0.1, 0.15) is 52.3 Å². The van der Waals surface area contributed by atoms with Gasteiger partial charge in [0.1, 0.15) is 11.2 Å². The van der Waals surface area contributed by atoms with Crippen LogP contribution in [0.3, 0.4) is 0 Å². The first-order valence-electron chi connectivity index (χ1n) is 7.28. The lowest BCUT2D eigenvalue weighted by molar-refractivity contribution is 0.299. The number of aromatic nitrogens is 2. The first-order chi connectivity index (χ1) is 9.40. The average molecular weight is 280 g/mol. The first kappa shape index (κ1) is 15.9. The second kappa shape index (κ2) is 8.10. The fraction of sp³-hybridized carbons (Fsp3) is 0.600. The van der Waals surface area contributed by atoms with Gasteiger partial charge < -0.3 is 4.74 Å². The lowest BCUT2D eigenvalue weighted by Gasteiger charge is -2.12. The van der Waals surface area contributed by atoms with Gasteiger partial charge >= 0.3 is 0 Å². The number of hydrogen-bond donors (Lipinski definition) is 0. The summed E-state index contributed by atoms with van der Waals surface area (Å²) in [6.45, 7) is 11.0. The molecular formula is C15H24N2OS. The zero-order chi connectivity index (χ0) is 14.3. The molecule has 0 bridgehead atoms. The van der Waals surface area contributed by atoms with Crippen molar-refractivity contribution in [3.8, 4) is 5.06 Å². The van der Waals surface area contributed by atoms with E-state index in [1.165, 1.54) is 10.9 Å². The summed E-state index contributed by atoms with van der Waals surface area (Å²) in [4.78, 5) is 9.75. The normalized spacial score (nSPS) is 12.5. The van der Waals surface area contributed by atoms with Crippen molar-refractivity contribution < 1.29 is 4.74 Å². The molecule has 0 saturated heterocycles.